The molecule has 9 nitrogen and oxygen atoms in total. The number of amides is 2. The highest BCUT2D eigenvalue weighted by Gasteiger charge is 2.33. The fourth-order valence-electron chi connectivity index (χ4n) is 4.10. The second-order valence-corrected chi connectivity index (χ2v) is 11.5. The predicted molar refractivity (Wildman–Crippen MR) is 155 cm³/mol. The molecule has 0 aromatic heterocycles. The quantitative estimate of drug-likeness (QED) is 0.308. The van der Waals surface area contributed by atoms with Crippen molar-refractivity contribution in [3.8, 4) is 11.5 Å². The molecule has 2 atom stereocenters. The van der Waals surface area contributed by atoms with E-state index >= 15 is 0 Å². The standard InChI is InChI=1S/C30H35F2N3O6S/c1-6-20(2)33-30(37)21(3)34(18-22-9-7-8-10-26(22)32)29(36)19-35(24-13-11-23(31)12-14-24)42(38,39)25-15-16-27(40-4)28(17-25)41-5/h7-17,20-21H,6,18-19H2,1-5H3,(H,33,37). The maximum Gasteiger partial charge on any atom is 0.264 e. The lowest BCUT2D eigenvalue weighted by Crippen LogP contribution is -2.52. The fraction of sp³-hybridized carbons (Fsp3) is 0.333. The van der Waals surface area contributed by atoms with E-state index in [2.05, 4.69) is 5.32 Å². The first-order valence-electron chi connectivity index (χ1n) is 13.3. The van der Waals surface area contributed by atoms with Crippen LogP contribution in [0.5, 0.6) is 11.5 Å². The van der Waals surface area contributed by atoms with Crippen LogP contribution in [-0.4, -0.2) is 58.0 Å². The third-order valence-corrected chi connectivity index (χ3v) is 8.57. The summed E-state index contributed by atoms with van der Waals surface area (Å²) in [7, 11) is -1.70. The fourth-order valence-corrected chi connectivity index (χ4v) is 5.53. The molecule has 3 aromatic rings. The van der Waals surface area contributed by atoms with Crippen molar-refractivity contribution in [2.45, 2.75) is 50.7 Å². The Morgan fingerprint density at radius 2 is 1.57 bits per heavy atom. The van der Waals surface area contributed by atoms with Crippen LogP contribution in [0.2, 0.25) is 0 Å². The molecule has 2 amide bonds. The Morgan fingerprint density at radius 3 is 2.17 bits per heavy atom. The van der Waals surface area contributed by atoms with Crippen molar-refractivity contribution in [2.24, 2.45) is 0 Å². The lowest BCUT2D eigenvalue weighted by Gasteiger charge is -2.32. The number of ether oxygens (including phenoxy) is 2. The summed E-state index contributed by atoms with van der Waals surface area (Å²) in [4.78, 5) is 27.9. The monoisotopic (exact) mass is 603 g/mol. The highest BCUT2D eigenvalue weighted by molar-refractivity contribution is 7.92. The van der Waals surface area contributed by atoms with Crippen molar-refractivity contribution in [2.75, 3.05) is 25.1 Å². The van der Waals surface area contributed by atoms with Crippen molar-refractivity contribution in [1.29, 1.82) is 0 Å². The molecular weight excluding hydrogens is 568 g/mol. The van der Waals surface area contributed by atoms with Gasteiger partial charge >= 0.3 is 0 Å². The Kier molecular flexibility index (Phi) is 10.9. The number of carbonyl (C=O) groups excluding carboxylic acids is 2. The summed E-state index contributed by atoms with van der Waals surface area (Å²) in [6.07, 6.45) is 0.641. The van der Waals surface area contributed by atoms with Crippen LogP contribution in [0.25, 0.3) is 0 Å². The Morgan fingerprint density at radius 1 is 0.929 bits per heavy atom. The molecule has 1 N–H and O–H groups in total. The normalized spacial score (nSPS) is 12.6. The summed E-state index contributed by atoms with van der Waals surface area (Å²) in [5, 5.41) is 2.81. The summed E-state index contributed by atoms with van der Waals surface area (Å²) < 4.78 is 67.7. The van der Waals surface area contributed by atoms with Gasteiger partial charge in [-0.25, -0.2) is 17.2 Å². The summed E-state index contributed by atoms with van der Waals surface area (Å²) in [5.41, 5.74) is 0.146. The second kappa shape index (κ2) is 14.1. The molecule has 42 heavy (non-hydrogen) atoms. The molecule has 0 bridgehead atoms. The van der Waals surface area contributed by atoms with Crippen LogP contribution < -0.4 is 19.1 Å². The van der Waals surface area contributed by atoms with E-state index in [1.54, 1.807) is 13.0 Å². The lowest BCUT2D eigenvalue weighted by atomic mass is 10.1. The number of anilines is 1. The van der Waals surface area contributed by atoms with Crippen molar-refractivity contribution in [1.82, 2.24) is 10.2 Å². The lowest BCUT2D eigenvalue weighted by molar-refractivity contribution is -0.139. The molecule has 0 aliphatic rings. The number of nitrogens with one attached hydrogen (secondary N) is 1. The smallest absolute Gasteiger partial charge is 0.264 e. The van der Waals surface area contributed by atoms with Crippen LogP contribution in [0.3, 0.4) is 0 Å². The number of rotatable bonds is 13. The Labute approximate surface area is 245 Å². The van der Waals surface area contributed by atoms with Crippen molar-refractivity contribution >= 4 is 27.5 Å². The first kappa shape index (κ1) is 32.3. The number of sulfonamides is 1. The van der Waals surface area contributed by atoms with Crippen molar-refractivity contribution in [3.63, 3.8) is 0 Å². The van der Waals surface area contributed by atoms with Gasteiger partial charge in [0.1, 0.15) is 24.2 Å². The first-order chi connectivity index (χ1) is 19.9. The maximum atomic E-state index is 14.6. The Balaban J connectivity index is 2.07. The van der Waals surface area contributed by atoms with E-state index in [4.69, 9.17) is 9.47 Å². The molecule has 0 saturated carbocycles. The van der Waals surface area contributed by atoms with E-state index in [9.17, 15) is 26.8 Å². The summed E-state index contributed by atoms with van der Waals surface area (Å²) in [5.74, 6) is -2.02. The van der Waals surface area contributed by atoms with E-state index in [0.717, 1.165) is 21.3 Å². The van der Waals surface area contributed by atoms with Crippen LogP contribution >= 0.6 is 0 Å². The molecule has 0 spiro atoms. The number of halogens is 2. The number of hydrogen-bond donors (Lipinski definition) is 1. The molecule has 0 saturated heterocycles. The van der Waals surface area contributed by atoms with E-state index in [0.29, 0.717) is 6.42 Å². The van der Waals surface area contributed by atoms with E-state index in [1.807, 2.05) is 6.92 Å². The van der Waals surface area contributed by atoms with Crippen LogP contribution in [0.4, 0.5) is 14.5 Å². The molecule has 12 heteroatoms. The molecule has 3 rings (SSSR count). The number of hydrogen-bond acceptors (Lipinski definition) is 6. The minimum atomic E-state index is -4.45. The highest BCUT2D eigenvalue weighted by Crippen LogP contribution is 2.32. The Bertz CT molecular complexity index is 1500. The molecule has 0 radical (unpaired) electrons. The zero-order valence-electron chi connectivity index (χ0n) is 24.1. The highest BCUT2D eigenvalue weighted by atomic mass is 32.2. The topological polar surface area (TPSA) is 105 Å². The van der Waals surface area contributed by atoms with Gasteiger partial charge in [-0.05, 0) is 62.7 Å². The zero-order valence-corrected chi connectivity index (χ0v) is 25.0. The molecule has 0 aliphatic heterocycles. The molecule has 0 aliphatic carbocycles. The third-order valence-electron chi connectivity index (χ3n) is 6.80. The second-order valence-electron chi connectivity index (χ2n) is 9.61. The third kappa shape index (κ3) is 7.55. The molecule has 0 heterocycles. The van der Waals surface area contributed by atoms with Gasteiger partial charge in [0, 0.05) is 24.2 Å². The SMILES string of the molecule is CCC(C)NC(=O)C(C)N(Cc1ccccc1F)C(=O)CN(c1ccc(F)cc1)S(=O)(=O)c1ccc(OC)c(OC)c1. The number of carbonyl (C=O) groups is 2. The minimum absolute atomic E-state index is 0.00193. The van der Waals surface area contributed by atoms with Gasteiger partial charge in [-0.15, -0.1) is 0 Å². The number of benzene rings is 3. The average molecular weight is 604 g/mol. The van der Waals surface area contributed by atoms with Gasteiger partial charge < -0.3 is 19.7 Å². The van der Waals surface area contributed by atoms with Gasteiger partial charge in [0.25, 0.3) is 10.0 Å². The predicted octanol–water partition coefficient (Wildman–Crippen LogP) is 4.51. The van der Waals surface area contributed by atoms with Crippen molar-refractivity contribution < 1.29 is 36.3 Å². The summed E-state index contributed by atoms with van der Waals surface area (Å²) in [6, 6.07) is 13.0. The number of methoxy groups -OCH3 is 2. The molecular formula is C30H35F2N3O6S. The van der Waals surface area contributed by atoms with Gasteiger partial charge in [-0.1, -0.05) is 25.1 Å². The first-order valence-corrected chi connectivity index (χ1v) is 14.7. The molecule has 0 fully saturated rings. The van der Waals surface area contributed by atoms with Crippen molar-refractivity contribution in [3.05, 3.63) is 83.9 Å². The van der Waals surface area contributed by atoms with Crippen LogP contribution in [-0.2, 0) is 26.2 Å². The Hall–Kier alpha value is -4.19. The van der Waals surface area contributed by atoms with Crippen LogP contribution in [0.15, 0.2) is 71.6 Å². The van der Waals surface area contributed by atoms with Gasteiger partial charge in [0.15, 0.2) is 11.5 Å². The molecule has 2 unspecified atom stereocenters. The average Bonchev–Trinajstić information content (AvgIpc) is 2.98. The van der Waals surface area contributed by atoms with Gasteiger partial charge in [-0.3, -0.25) is 13.9 Å². The van der Waals surface area contributed by atoms with Gasteiger partial charge in [0.2, 0.25) is 11.8 Å². The number of nitrogens with zero attached hydrogens (tertiary/aromatic N) is 2. The van der Waals surface area contributed by atoms with Crippen LogP contribution in [0, 0.1) is 11.6 Å². The van der Waals surface area contributed by atoms with E-state index < -0.39 is 46.1 Å². The molecule has 3 aromatic carbocycles. The summed E-state index contributed by atoms with van der Waals surface area (Å²) in [6.45, 7) is 4.12. The maximum absolute atomic E-state index is 14.6. The summed E-state index contributed by atoms with van der Waals surface area (Å²) >= 11 is 0. The van der Waals surface area contributed by atoms with Gasteiger partial charge in [0.05, 0.1) is 24.8 Å². The largest absolute Gasteiger partial charge is 0.493 e. The van der Waals surface area contributed by atoms with E-state index in [-0.39, 0.29) is 40.2 Å². The van der Waals surface area contributed by atoms with Gasteiger partial charge in [-0.2, -0.15) is 0 Å². The van der Waals surface area contributed by atoms with E-state index in [1.165, 1.54) is 69.7 Å². The zero-order chi connectivity index (χ0) is 31.0. The van der Waals surface area contributed by atoms with Crippen LogP contribution in [0.1, 0.15) is 32.8 Å². The molecule has 226 valence electrons. The minimum Gasteiger partial charge on any atom is -0.493 e.